The Morgan fingerprint density at radius 3 is 2.88 bits per heavy atom. The lowest BCUT2D eigenvalue weighted by atomic mass is 10.2. The molecular formula is C18H15BrN6O. The first-order valence-electron chi connectivity index (χ1n) is 7.88. The number of fused-ring (bicyclic) bond motifs is 3. The van der Waals surface area contributed by atoms with Crippen LogP contribution in [0.2, 0.25) is 0 Å². The number of hydrogen-bond donors (Lipinski definition) is 1. The van der Waals surface area contributed by atoms with Crippen LogP contribution in [0, 0.1) is 0 Å². The fraction of sp³-hybridized carbons (Fsp3) is 0.111. The summed E-state index contributed by atoms with van der Waals surface area (Å²) in [5.74, 6) is 1.07. The number of aryl methyl sites for hydroxylation is 1. The number of methoxy groups -OCH3 is 1. The van der Waals surface area contributed by atoms with E-state index >= 15 is 0 Å². The van der Waals surface area contributed by atoms with Crippen molar-refractivity contribution in [3.63, 3.8) is 0 Å². The van der Waals surface area contributed by atoms with E-state index in [4.69, 9.17) is 4.74 Å². The number of para-hydroxylation sites is 1. The molecule has 8 heteroatoms. The summed E-state index contributed by atoms with van der Waals surface area (Å²) < 4.78 is 8.27. The van der Waals surface area contributed by atoms with Gasteiger partial charge in [0.15, 0.2) is 5.65 Å². The maximum atomic E-state index is 5.29. The van der Waals surface area contributed by atoms with E-state index in [1.807, 2.05) is 54.1 Å². The Morgan fingerprint density at radius 2 is 2.04 bits per heavy atom. The van der Waals surface area contributed by atoms with Crippen LogP contribution in [0.3, 0.4) is 0 Å². The number of hydrogen-bond acceptors (Lipinski definition) is 6. The average molecular weight is 411 g/mol. The summed E-state index contributed by atoms with van der Waals surface area (Å²) in [6, 6.07) is 13.6. The second-order valence-electron chi connectivity index (χ2n) is 5.64. The predicted octanol–water partition coefficient (Wildman–Crippen LogP) is 3.73. The van der Waals surface area contributed by atoms with Gasteiger partial charge in [0, 0.05) is 22.5 Å². The highest BCUT2D eigenvalue weighted by atomic mass is 79.9. The highest BCUT2D eigenvalue weighted by molar-refractivity contribution is 9.10. The van der Waals surface area contributed by atoms with Crippen molar-refractivity contribution in [3.8, 4) is 5.75 Å². The van der Waals surface area contributed by atoms with Crippen molar-refractivity contribution in [2.24, 2.45) is 12.1 Å². The van der Waals surface area contributed by atoms with Crippen LogP contribution in [-0.4, -0.2) is 33.1 Å². The van der Waals surface area contributed by atoms with Crippen molar-refractivity contribution in [2.45, 2.75) is 0 Å². The van der Waals surface area contributed by atoms with Gasteiger partial charge in [-0.1, -0.05) is 28.1 Å². The molecule has 4 rings (SSSR count). The Bertz CT molecular complexity index is 1140. The van der Waals surface area contributed by atoms with Gasteiger partial charge in [-0.3, -0.25) is 0 Å². The molecule has 2 aromatic carbocycles. The molecule has 0 unspecified atom stereocenters. The molecule has 0 saturated carbocycles. The minimum absolute atomic E-state index is 0.327. The Morgan fingerprint density at radius 1 is 1.19 bits per heavy atom. The van der Waals surface area contributed by atoms with Crippen LogP contribution < -0.4 is 10.2 Å². The molecule has 0 bridgehead atoms. The van der Waals surface area contributed by atoms with Crippen LogP contribution >= 0.6 is 15.9 Å². The van der Waals surface area contributed by atoms with E-state index < -0.39 is 0 Å². The molecule has 7 nitrogen and oxygen atoms in total. The fourth-order valence-electron chi connectivity index (χ4n) is 2.81. The van der Waals surface area contributed by atoms with Crippen molar-refractivity contribution in [2.75, 3.05) is 12.5 Å². The highest BCUT2D eigenvalue weighted by Gasteiger charge is 2.12. The quantitative estimate of drug-likeness (QED) is 0.409. The molecule has 1 N–H and O–H groups in total. The number of aromatic nitrogens is 4. The van der Waals surface area contributed by atoms with Crippen LogP contribution in [-0.2, 0) is 7.05 Å². The number of halogens is 1. The topological polar surface area (TPSA) is 77.2 Å². The summed E-state index contributed by atoms with van der Waals surface area (Å²) in [7, 11) is 3.58. The largest absolute Gasteiger partial charge is 0.496 e. The van der Waals surface area contributed by atoms with Crippen molar-refractivity contribution in [1.29, 1.82) is 0 Å². The molecule has 0 spiro atoms. The standard InChI is InChI=1S/C18H15BrN6O/c1-25-14-8-7-12(19)9-13(14)16-17(25)21-18(24-22-16)23-20-10-11-5-3-4-6-15(11)26-2/h3-10H,1-2H3,(H,21,23,24)/b20-10+. The number of ether oxygens (including phenoxy) is 1. The van der Waals surface area contributed by atoms with Gasteiger partial charge in [-0.05, 0) is 30.3 Å². The molecule has 130 valence electrons. The van der Waals surface area contributed by atoms with Crippen molar-refractivity contribution in [1.82, 2.24) is 19.7 Å². The van der Waals surface area contributed by atoms with Crippen molar-refractivity contribution in [3.05, 3.63) is 52.5 Å². The lowest BCUT2D eigenvalue weighted by Gasteiger charge is -2.03. The normalized spacial score (nSPS) is 11.5. The predicted molar refractivity (Wildman–Crippen MR) is 106 cm³/mol. The highest BCUT2D eigenvalue weighted by Crippen LogP contribution is 2.28. The number of rotatable bonds is 4. The number of nitrogens with one attached hydrogen (secondary N) is 1. The van der Waals surface area contributed by atoms with Gasteiger partial charge < -0.3 is 9.30 Å². The molecule has 0 amide bonds. The van der Waals surface area contributed by atoms with Gasteiger partial charge in [-0.2, -0.15) is 10.1 Å². The first kappa shape index (κ1) is 16.5. The maximum absolute atomic E-state index is 5.29. The smallest absolute Gasteiger partial charge is 0.265 e. The molecular weight excluding hydrogens is 396 g/mol. The summed E-state index contributed by atoms with van der Waals surface area (Å²) in [5, 5.41) is 13.6. The zero-order chi connectivity index (χ0) is 18.1. The lowest BCUT2D eigenvalue weighted by Crippen LogP contribution is -2.01. The zero-order valence-corrected chi connectivity index (χ0v) is 15.7. The zero-order valence-electron chi connectivity index (χ0n) is 14.1. The summed E-state index contributed by atoms with van der Waals surface area (Å²) in [4.78, 5) is 4.53. The Balaban J connectivity index is 1.66. The Labute approximate surface area is 157 Å². The Hall–Kier alpha value is -3.00. The van der Waals surface area contributed by atoms with Crippen LogP contribution in [0.4, 0.5) is 5.95 Å². The summed E-state index contributed by atoms with van der Waals surface area (Å²) >= 11 is 3.49. The Kier molecular flexibility index (Phi) is 4.26. The van der Waals surface area contributed by atoms with E-state index in [-0.39, 0.29) is 0 Å². The fourth-order valence-corrected chi connectivity index (χ4v) is 3.17. The third kappa shape index (κ3) is 2.88. The van der Waals surface area contributed by atoms with Crippen molar-refractivity contribution >= 4 is 50.2 Å². The number of benzene rings is 2. The second kappa shape index (κ2) is 6.72. The van der Waals surface area contributed by atoms with E-state index in [1.165, 1.54) is 0 Å². The molecule has 0 aliphatic carbocycles. The van der Waals surface area contributed by atoms with Gasteiger partial charge in [-0.25, -0.2) is 5.43 Å². The summed E-state index contributed by atoms with van der Waals surface area (Å²) in [5.41, 5.74) is 6.21. The van der Waals surface area contributed by atoms with Gasteiger partial charge in [0.1, 0.15) is 11.3 Å². The molecule has 0 atom stereocenters. The number of nitrogens with zero attached hydrogens (tertiary/aromatic N) is 5. The summed E-state index contributed by atoms with van der Waals surface area (Å²) in [6.07, 6.45) is 1.66. The lowest BCUT2D eigenvalue weighted by molar-refractivity contribution is 0.414. The molecule has 2 heterocycles. The first-order valence-corrected chi connectivity index (χ1v) is 8.67. The second-order valence-corrected chi connectivity index (χ2v) is 6.56. The van der Waals surface area contributed by atoms with Crippen LogP contribution in [0.5, 0.6) is 5.75 Å². The maximum Gasteiger partial charge on any atom is 0.265 e. The van der Waals surface area contributed by atoms with Crippen LogP contribution in [0.15, 0.2) is 52.0 Å². The monoisotopic (exact) mass is 410 g/mol. The van der Waals surface area contributed by atoms with E-state index in [1.54, 1.807) is 13.3 Å². The van der Waals surface area contributed by atoms with Crippen molar-refractivity contribution < 1.29 is 4.74 Å². The molecule has 2 aromatic heterocycles. The average Bonchev–Trinajstić information content (AvgIpc) is 2.93. The molecule has 0 saturated heterocycles. The van der Waals surface area contributed by atoms with Crippen LogP contribution in [0.1, 0.15) is 5.56 Å². The van der Waals surface area contributed by atoms with E-state index in [0.717, 1.165) is 37.9 Å². The summed E-state index contributed by atoms with van der Waals surface area (Å²) in [6.45, 7) is 0. The molecule has 4 aromatic rings. The van der Waals surface area contributed by atoms with E-state index in [0.29, 0.717) is 5.95 Å². The molecule has 0 radical (unpaired) electrons. The van der Waals surface area contributed by atoms with E-state index in [2.05, 4.69) is 41.6 Å². The van der Waals surface area contributed by atoms with Gasteiger partial charge in [0.2, 0.25) is 0 Å². The van der Waals surface area contributed by atoms with Gasteiger partial charge in [0.05, 0.1) is 18.8 Å². The molecule has 26 heavy (non-hydrogen) atoms. The van der Waals surface area contributed by atoms with Gasteiger partial charge in [-0.15, -0.1) is 10.2 Å². The van der Waals surface area contributed by atoms with Crippen LogP contribution in [0.25, 0.3) is 22.1 Å². The third-order valence-corrected chi connectivity index (χ3v) is 4.56. The minimum Gasteiger partial charge on any atom is -0.496 e. The first-order chi connectivity index (χ1) is 12.7. The van der Waals surface area contributed by atoms with E-state index in [9.17, 15) is 0 Å². The number of anilines is 1. The molecule has 0 aliphatic rings. The third-order valence-electron chi connectivity index (χ3n) is 4.07. The SMILES string of the molecule is COc1ccccc1/C=N/Nc1nnc2c3cc(Br)ccc3n(C)c2n1. The van der Waals surface area contributed by atoms with Gasteiger partial charge in [0.25, 0.3) is 5.95 Å². The molecule has 0 aliphatic heterocycles. The molecule has 0 fully saturated rings. The number of hydrazone groups is 1. The van der Waals surface area contributed by atoms with Gasteiger partial charge >= 0.3 is 0 Å². The minimum atomic E-state index is 0.327.